The first-order valence-corrected chi connectivity index (χ1v) is 7.40. The summed E-state index contributed by atoms with van der Waals surface area (Å²) >= 11 is 5.79. The van der Waals surface area contributed by atoms with Gasteiger partial charge in [0.1, 0.15) is 6.42 Å². The molecule has 0 unspecified atom stereocenters. The highest BCUT2D eigenvalue weighted by molar-refractivity contribution is 6.30. The molecule has 0 saturated heterocycles. The van der Waals surface area contributed by atoms with Crippen molar-refractivity contribution in [1.82, 2.24) is 0 Å². The number of carbonyl (C=O) groups is 1. The number of Topliss-reactive ketones (excluding diaryl/α,β-unsaturated/α-hetero) is 1. The average Bonchev–Trinajstić information content (AvgIpc) is 2.54. The molecule has 0 aromatic heterocycles. The van der Waals surface area contributed by atoms with Gasteiger partial charge in [0.25, 0.3) is 0 Å². The third kappa shape index (κ3) is 5.72. The number of hydrogen-bond acceptors (Lipinski definition) is 4. The van der Waals surface area contributed by atoms with Gasteiger partial charge in [0.2, 0.25) is 0 Å². The predicted molar refractivity (Wildman–Crippen MR) is 87.6 cm³/mol. The zero-order valence-electron chi connectivity index (χ0n) is 12.7. The second kappa shape index (κ2) is 7.94. The maximum absolute atomic E-state index is 12.5. The third-order valence-corrected chi connectivity index (χ3v) is 3.21. The summed E-state index contributed by atoms with van der Waals surface area (Å²) in [5.74, 6) is -2.07. The number of halogens is 4. The van der Waals surface area contributed by atoms with Crippen molar-refractivity contribution in [3.63, 3.8) is 0 Å². The Hall–Kier alpha value is -2.67. The Bertz CT molecular complexity index is 818. The molecule has 1 N–H and O–H groups in total. The summed E-state index contributed by atoms with van der Waals surface area (Å²) in [7, 11) is 0. The van der Waals surface area contributed by atoms with Crippen molar-refractivity contribution in [2.24, 2.45) is 10.2 Å². The van der Waals surface area contributed by atoms with Crippen LogP contribution >= 0.6 is 11.6 Å². The molecule has 0 bridgehead atoms. The molecule has 130 valence electrons. The number of benzene rings is 2. The van der Waals surface area contributed by atoms with Crippen LogP contribution in [0.2, 0.25) is 5.02 Å². The minimum Gasteiger partial charge on any atom is -0.505 e. The Morgan fingerprint density at radius 2 is 1.76 bits per heavy atom. The molecule has 0 aliphatic carbocycles. The van der Waals surface area contributed by atoms with Gasteiger partial charge in [-0.05, 0) is 18.2 Å². The third-order valence-electron chi connectivity index (χ3n) is 2.97. The van der Waals surface area contributed by atoms with Crippen LogP contribution in [-0.4, -0.2) is 17.1 Å². The summed E-state index contributed by atoms with van der Waals surface area (Å²) in [6.07, 6.45) is -6.49. The van der Waals surface area contributed by atoms with E-state index in [0.717, 1.165) is 0 Å². The van der Waals surface area contributed by atoms with Gasteiger partial charge in [-0.2, -0.15) is 18.3 Å². The highest BCUT2D eigenvalue weighted by atomic mass is 35.5. The number of aliphatic hydroxyl groups is 1. The van der Waals surface area contributed by atoms with Crippen LogP contribution in [0, 0.1) is 0 Å². The van der Waals surface area contributed by atoms with E-state index >= 15 is 0 Å². The summed E-state index contributed by atoms with van der Waals surface area (Å²) in [4.78, 5) is 11.9. The molecule has 0 aliphatic heterocycles. The van der Waals surface area contributed by atoms with Crippen molar-refractivity contribution in [3.8, 4) is 0 Å². The van der Waals surface area contributed by atoms with Crippen molar-refractivity contribution in [2.75, 3.05) is 0 Å². The van der Waals surface area contributed by atoms with Crippen LogP contribution in [0.25, 0.3) is 5.76 Å². The van der Waals surface area contributed by atoms with Crippen molar-refractivity contribution < 1.29 is 23.1 Å². The Balaban J connectivity index is 2.43. The van der Waals surface area contributed by atoms with Crippen LogP contribution in [0.5, 0.6) is 0 Å². The highest BCUT2D eigenvalue weighted by Gasteiger charge is 2.34. The molecule has 0 amide bonds. The lowest BCUT2D eigenvalue weighted by molar-refractivity contribution is -0.149. The van der Waals surface area contributed by atoms with Crippen molar-refractivity contribution in [3.05, 3.63) is 70.9 Å². The molecule has 0 aliphatic rings. The second-order valence-electron chi connectivity index (χ2n) is 4.96. The monoisotopic (exact) mass is 368 g/mol. The van der Waals surface area contributed by atoms with E-state index in [0.29, 0.717) is 5.02 Å². The van der Waals surface area contributed by atoms with Crippen LogP contribution < -0.4 is 0 Å². The van der Waals surface area contributed by atoms with E-state index in [1.165, 1.54) is 24.3 Å². The smallest absolute Gasteiger partial charge is 0.396 e. The largest absolute Gasteiger partial charge is 0.505 e. The van der Waals surface area contributed by atoms with Gasteiger partial charge in [-0.1, -0.05) is 48.0 Å². The number of carbonyl (C=O) groups excluding carboxylic acids is 1. The zero-order chi connectivity index (χ0) is 18.4. The maximum Gasteiger partial charge on any atom is 0.396 e. The van der Waals surface area contributed by atoms with Gasteiger partial charge >= 0.3 is 6.18 Å². The molecule has 4 nitrogen and oxygen atoms in total. The Morgan fingerprint density at radius 3 is 2.36 bits per heavy atom. The minimum atomic E-state index is -4.73. The molecule has 0 saturated carbocycles. The molecule has 0 heterocycles. The molecule has 2 aromatic rings. The fraction of sp³-hybridized carbons (Fsp3) is 0.118. The summed E-state index contributed by atoms with van der Waals surface area (Å²) < 4.78 is 37.6. The van der Waals surface area contributed by atoms with Gasteiger partial charge in [-0.3, -0.25) is 4.79 Å². The van der Waals surface area contributed by atoms with Crippen LogP contribution in [-0.2, 0) is 4.79 Å². The first-order chi connectivity index (χ1) is 11.8. The van der Waals surface area contributed by atoms with Crippen molar-refractivity contribution in [2.45, 2.75) is 12.6 Å². The Morgan fingerprint density at radius 1 is 1.08 bits per heavy atom. The SMILES string of the molecule is O=C(CC(F)(F)F)/C(N=Nc1cccc(Cl)c1)=C(/O)c1ccccc1. The van der Waals surface area contributed by atoms with Crippen molar-refractivity contribution >= 4 is 28.8 Å². The number of ketones is 1. The van der Waals surface area contributed by atoms with Gasteiger partial charge in [-0.25, -0.2) is 0 Å². The van der Waals surface area contributed by atoms with E-state index in [2.05, 4.69) is 10.2 Å². The first kappa shape index (κ1) is 18.7. The molecule has 0 radical (unpaired) electrons. The summed E-state index contributed by atoms with van der Waals surface area (Å²) in [6, 6.07) is 13.7. The minimum absolute atomic E-state index is 0.151. The lowest BCUT2D eigenvalue weighted by atomic mass is 10.1. The molecule has 25 heavy (non-hydrogen) atoms. The van der Waals surface area contributed by atoms with Crippen LogP contribution in [0.3, 0.4) is 0 Å². The van der Waals surface area contributed by atoms with E-state index in [4.69, 9.17) is 11.6 Å². The normalized spacial score (nSPS) is 13.0. The standard InChI is InChI=1S/C17H12ClF3N2O2/c18-12-7-4-8-13(9-12)22-23-15(14(24)10-17(19,20)21)16(25)11-5-2-1-3-6-11/h1-9,25H,10H2/b16-15-,23-22?. The van der Waals surface area contributed by atoms with E-state index < -0.39 is 29.8 Å². The number of alkyl halides is 3. The van der Waals surface area contributed by atoms with Gasteiger partial charge in [0.05, 0.1) is 5.69 Å². The summed E-state index contributed by atoms with van der Waals surface area (Å²) in [5.41, 5.74) is -0.396. The Kier molecular flexibility index (Phi) is 5.93. The molecule has 8 heteroatoms. The topological polar surface area (TPSA) is 62.0 Å². The summed E-state index contributed by atoms with van der Waals surface area (Å²) in [6.45, 7) is 0. The second-order valence-corrected chi connectivity index (χ2v) is 5.39. The number of azo groups is 1. The molecule has 0 fully saturated rings. The van der Waals surface area contributed by atoms with Gasteiger partial charge < -0.3 is 5.11 Å². The Labute approximate surface area is 146 Å². The highest BCUT2D eigenvalue weighted by Crippen LogP contribution is 2.27. The number of hydrogen-bond donors (Lipinski definition) is 1. The van der Waals surface area contributed by atoms with E-state index in [1.54, 1.807) is 30.3 Å². The van der Waals surface area contributed by atoms with Crippen LogP contribution in [0.4, 0.5) is 18.9 Å². The molecular formula is C17H12ClF3N2O2. The number of rotatable bonds is 5. The van der Waals surface area contributed by atoms with Crippen LogP contribution in [0.15, 0.2) is 70.5 Å². The molecular weight excluding hydrogens is 357 g/mol. The van der Waals surface area contributed by atoms with Crippen molar-refractivity contribution in [1.29, 1.82) is 0 Å². The van der Waals surface area contributed by atoms with Gasteiger partial charge in [-0.15, -0.1) is 5.11 Å². The number of allylic oxidation sites excluding steroid dienone is 1. The molecule has 2 aromatic carbocycles. The number of aliphatic hydroxyl groups excluding tert-OH is 1. The lowest BCUT2D eigenvalue weighted by Gasteiger charge is -2.08. The van der Waals surface area contributed by atoms with E-state index in [1.807, 2.05) is 0 Å². The molecule has 0 atom stereocenters. The molecule has 0 spiro atoms. The average molecular weight is 369 g/mol. The quantitative estimate of drug-likeness (QED) is 0.407. The van der Waals surface area contributed by atoms with Gasteiger partial charge in [0, 0.05) is 10.6 Å². The fourth-order valence-electron chi connectivity index (χ4n) is 1.88. The molecule has 2 rings (SSSR count). The van der Waals surface area contributed by atoms with Gasteiger partial charge in [0.15, 0.2) is 17.2 Å². The predicted octanol–water partition coefficient (Wildman–Crippen LogP) is 5.87. The van der Waals surface area contributed by atoms with E-state index in [-0.39, 0.29) is 11.3 Å². The summed E-state index contributed by atoms with van der Waals surface area (Å²) in [5, 5.41) is 17.8. The number of nitrogens with zero attached hydrogens (tertiary/aromatic N) is 2. The van der Waals surface area contributed by atoms with E-state index in [9.17, 15) is 23.1 Å². The van der Waals surface area contributed by atoms with Crippen LogP contribution in [0.1, 0.15) is 12.0 Å². The fourth-order valence-corrected chi connectivity index (χ4v) is 2.06. The lowest BCUT2D eigenvalue weighted by Crippen LogP contribution is -2.16. The zero-order valence-corrected chi connectivity index (χ0v) is 13.4. The maximum atomic E-state index is 12.5. The first-order valence-electron chi connectivity index (χ1n) is 7.02.